The van der Waals surface area contributed by atoms with Gasteiger partial charge in [0.15, 0.2) is 11.7 Å². The molecule has 42 heavy (non-hydrogen) atoms. The predicted molar refractivity (Wildman–Crippen MR) is 166 cm³/mol. The monoisotopic (exact) mass is 636 g/mol. The van der Waals surface area contributed by atoms with Gasteiger partial charge in [-0.1, -0.05) is 36.2 Å². The summed E-state index contributed by atoms with van der Waals surface area (Å²) in [7, 11) is -3.80. The van der Waals surface area contributed by atoms with Crippen molar-refractivity contribution >= 4 is 56.6 Å². The minimum atomic E-state index is -3.80. The quantitative estimate of drug-likeness (QED) is 0.466. The maximum atomic E-state index is 13.9. The first kappa shape index (κ1) is 29.6. The number of nitrogens with one attached hydrogen (secondary N) is 2. The Kier molecular flexibility index (Phi) is 8.61. The van der Waals surface area contributed by atoms with Crippen LogP contribution < -0.4 is 14.9 Å². The number of amidine groups is 2. The van der Waals surface area contributed by atoms with Gasteiger partial charge in [0.05, 0.1) is 28.0 Å². The van der Waals surface area contributed by atoms with E-state index >= 15 is 0 Å². The van der Waals surface area contributed by atoms with Crippen LogP contribution in [0, 0.1) is 5.82 Å². The molecule has 2 saturated heterocycles. The Morgan fingerprint density at radius 2 is 1.88 bits per heavy atom. The van der Waals surface area contributed by atoms with Gasteiger partial charge in [-0.3, -0.25) is 14.8 Å². The molecule has 3 fully saturated rings. The summed E-state index contributed by atoms with van der Waals surface area (Å²) in [5.41, 5.74) is 1.49. The van der Waals surface area contributed by atoms with Crippen molar-refractivity contribution in [3.8, 4) is 0 Å². The number of hydrogen-bond donors (Lipinski definition) is 2. The molecule has 0 spiro atoms. The van der Waals surface area contributed by atoms with Crippen molar-refractivity contribution in [1.29, 1.82) is 0 Å². The molecule has 226 valence electrons. The zero-order valence-corrected chi connectivity index (χ0v) is 25.8. The minimum Gasteiger partial charge on any atom is -0.353 e. The van der Waals surface area contributed by atoms with Crippen LogP contribution in [0.1, 0.15) is 44.6 Å². The predicted octanol–water partition coefficient (Wildman–Crippen LogP) is 4.31. The third-order valence-corrected chi connectivity index (χ3v) is 9.78. The molecule has 0 unspecified atom stereocenters. The molecule has 0 amide bonds. The van der Waals surface area contributed by atoms with Gasteiger partial charge in [0.2, 0.25) is 0 Å². The molecule has 1 aromatic carbocycles. The van der Waals surface area contributed by atoms with E-state index < -0.39 is 10.2 Å². The molecule has 4 aliphatic rings. The molecule has 1 aromatic heterocycles. The van der Waals surface area contributed by atoms with E-state index in [0.717, 1.165) is 82.8 Å². The Bertz CT molecular complexity index is 1490. The summed E-state index contributed by atoms with van der Waals surface area (Å²) in [6.07, 6.45) is 6.71. The van der Waals surface area contributed by atoms with E-state index in [1.54, 1.807) is 18.3 Å². The lowest BCUT2D eigenvalue weighted by Gasteiger charge is -2.47. The lowest BCUT2D eigenvalue weighted by molar-refractivity contribution is 0.0610. The zero-order valence-electron chi connectivity index (χ0n) is 23.4. The topological polar surface area (TPSA) is 106 Å². The van der Waals surface area contributed by atoms with Crippen LogP contribution in [-0.4, -0.2) is 85.7 Å². The first-order chi connectivity index (χ1) is 20.2. The number of aliphatic imine (C=N–C) groups is 1. The standard InChI is InChI=1S/C28H35Cl2FN8O2S/c1-2-21-17-38(11-12-39(21)22-7-9-37(10-8-22)16-18-3-6-23(29)25(31)13-18)28-24(30)14-20(15-32-28)34-27-26(33-19-4-5-19)35-42(40,41)36-27/h3,6,13-15,19,21-22H,2,4-5,7-12,16-17H2,1H3,(H,33,35)(H,34,36)/t21-/m0/s1. The van der Waals surface area contributed by atoms with Crippen LogP contribution in [0.25, 0.3) is 0 Å². The van der Waals surface area contributed by atoms with E-state index in [9.17, 15) is 12.8 Å². The molecule has 14 heteroatoms. The highest BCUT2D eigenvalue weighted by atomic mass is 35.5. The van der Waals surface area contributed by atoms with Gasteiger partial charge in [0.1, 0.15) is 11.6 Å². The van der Waals surface area contributed by atoms with Gasteiger partial charge < -0.3 is 10.2 Å². The van der Waals surface area contributed by atoms with Gasteiger partial charge in [0, 0.05) is 38.3 Å². The van der Waals surface area contributed by atoms with Gasteiger partial charge in [-0.05, 0) is 69.0 Å². The molecule has 4 heterocycles. The fourth-order valence-corrected chi connectivity index (χ4v) is 7.21. The molecule has 10 nitrogen and oxygen atoms in total. The zero-order chi connectivity index (χ0) is 29.4. The van der Waals surface area contributed by atoms with Crippen molar-refractivity contribution < 1.29 is 12.8 Å². The van der Waals surface area contributed by atoms with Gasteiger partial charge in [0.25, 0.3) is 0 Å². The average molecular weight is 638 g/mol. The molecule has 1 atom stereocenters. The maximum Gasteiger partial charge on any atom is 0.345 e. The first-order valence-electron chi connectivity index (χ1n) is 14.5. The van der Waals surface area contributed by atoms with Gasteiger partial charge >= 0.3 is 10.2 Å². The number of nitrogens with zero attached hydrogens (tertiary/aromatic N) is 6. The Labute approximate surface area is 256 Å². The lowest BCUT2D eigenvalue weighted by atomic mass is 9.98. The summed E-state index contributed by atoms with van der Waals surface area (Å²) >= 11 is 12.6. The number of aromatic nitrogens is 1. The Morgan fingerprint density at radius 1 is 1.10 bits per heavy atom. The molecule has 2 N–H and O–H groups in total. The Morgan fingerprint density at radius 3 is 2.57 bits per heavy atom. The summed E-state index contributed by atoms with van der Waals surface area (Å²) in [6.45, 7) is 7.46. The first-order valence-corrected chi connectivity index (χ1v) is 16.7. The molecule has 6 rings (SSSR count). The molecule has 1 saturated carbocycles. The maximum absolute atomic E-state index is 13.9. The number of halogens is 3. The largest absolute Gasteiger partial charge is 0.353 e. The number of piperidine rings is 1. The fourth-order valence-electron chi connectivity index (χ4n) is 5.99. The van der Waals surface area contributed by atoms with E-state index in [1.807, 2.05) is 6.07 Å². The van der Waals surface area contributed by atoms with Crippen molar-refractivity contribution in [3.63, 3.8) is 0 Å². The van der Waals surface area contributed by atoms with Crippen molar-refractivity contribution in [2.45, 2.75) is 63.7 Å². The number of anilines is 2. The van der Waals surface area contributed by atoms with Crippen LogP contribution in [0.4, 0.5) is 15.9 Å². The molecular formula is C28H35Cl2FN8O2S. The lowest BCUT2D eigenvalue weighted by Crippen LogP contribution is -2.58. The summed E-state index contributed by atoms with van der Waals surface area (Å²) in [4.78, 5) is 16.3. The number of pyridine rings is 1. The van der Waals surface area contributed by atoms with Crippen LogP contribution >= 0.6 is 23.2 Å². The number of likely N-dealkylation sites (tertiary alicyclic amines) is 1. The summed E-state index contributed by atoms with van der Waals surface area (Å²) in [5.74, 6) is 0.732. The Balaban J connectivity index is 1.05. The van der Waals surface area contributed by atoms with E-state index in [0.29, 0.717) is 22.8 Å². The average Bonchev–Trinajstić information content (AvgIpc) is 3.73. The number of piperazine rings is 1. The Hall–Kier alpha value is -2.51. The van der Waals surface area contributed by atoms with Crippen molar-refractivity contribution in [1.82, 2.24) is 19.5 Å². The van der Waals surface area contributed by atoms with E-state index in [2.05, 4.69) is 46.0 Å². The van der Waals surface area contributed by atoms with E-state index in [1.165, 1.54) is 6.07 Å². The molecule has 1 aliphatic carbocycles. The second-order valence-corrected chi connectivity index (χ2v) is 13.5. The fraction of sp³-hybridized carbons (Fsp3) is 0.536. The van der Waals surface area contributed by atoms with Crippen LogP contribution in [0.2, 0.25) is 10.0 Å². The number of hydrogen-bond acceptors (Lipinski definition) is 8. The van der Waals surface area contributed by atoms with Crippen molar-refractivity contribution in [2.75, 3.05) is 42.9 Å². The van der Waals surface area contributed by atoms with Crippen LogP contribution in [-0.2, 0) is 16.8 Å². The normalized spacial score (nSPS) is 24.6. The molecular weight excluding hydrogens is 602 g/mol. The molecule has 3 aliphatic heterocycles. The van der Waals surface area contributed by atoms with E-state index in [4.69, 9.17) is 23.2 Å². The van der Waals surface area contributed by atoms with E-state index in [-0.39, 0.29) is 28.6 Å². The summed E-state index contributed by atoms with van der Waals surface area (Å²) < 4.78 is 44.0. The minimum absolute atomic E-state index is 0.134. The second-order valence-electron chi connectivity index (χ2n) is 11.4. The second kappa shape index (κ2) is 12.2. The third kappa shape index (κ3) is 6.83. The molecule has 2 aromatic rings. The smallest absolute Gasteiger partial charge is 0.345 e. The number of rotatable bonds is 7. The van der Waals surface area contributed by atoms with Crippen LogP contribution in [0.5, 0.6) is 0 Å². The highest BCUT2D eigenvalue weighted by Gasteiger charge is 2.34. The third-order valence-electron chi connectivity index (χ3n) is 8.32. The SMILES string of the molecule is CC[C@H]1CN(c2ncc(NC3=NS(=O)(=O)NC3=NC3CC3)cc2Cl)CCN1C1CCN(Cc2ccc(Cl)c(F)c2)CC1. The highest BCUT2D eigenvalue weighted by Crippen LogP contribution is 2.31. The molecule has 0 radical (unpaired) electrons. The summed E-state index contributed by atoms with van der Waals surface area (Å²) in [6, 6.07) is 7.84. The van der Waals surface area contributed by atoms with Crippen molar-refractivity contribution in [3.05, 3.63) is 51.9 Å². The molecule has 0 bridgehead atoms. The van der Waals surface area contributed by atoms with Gasteiger partial charge in [-0.15, -0.1) is 4.40 Å². The highest BCUT2D eigenvalue weighted by molar-refractivity contribution is 7.89. The van der Waals surface area contributed by atoms with Crippen molar-refractivity contribution in [2.24, 2.45) is 9.39 Å². The van der Waals surface area contributed by atoms with Crippen LogP contribution in [0.3, 0.4) is 0 Å². The van der Waals surface area contributed by atoms with Crippen LogP contribution in [0.15, 0.2) is 39.9 Å². The van der Waals surface area contributed by atoms with Gasteiger partial charge in [-0.25, -0.2) is 14.1 Å². The van der Waals surface area contributed by atoms with Gasteiger partial charge in [-0.2, -0.15) is 8.42 Å². The number of benzene rings is 1. The summed E-state index contributed by atoms with van der Waals surface area (Å²) in [5, 5.41) is 3.67.